The quantitative estimate of drug-likeness (QED) is 0.801. The summed E-state index contributed by atoms with van der Waals surface area (Å²) >= 11 is 0. The van der Waals surface area contributed by atoms with Gasteiger partial charge in [0, 0.05) is 5.56 Å². The standard InChI is InChI=1S/C8H7F3N2O2/c9-8(10,11)6-4(3-1-2-3)5(7(14)15)12-13-6/h3H,1-2H2,(H,12,13)(H,14,15). The van der Waals surface area contributed by atoms with Crippen LogP contribution >= 0.6 is 0 Å². The summed E-state index contributed by atoms with van der Waals surface area (Å²) < 4.78 is 37.3. The molecular formula is C8H7F3N2O2. The van der Waals surface area contributed by atoms with Gasteiger partial charge in [-0.25, -0.2) is 4.79 Å². The summed E-state index contributed by atoms with van der Waals surface area (Å²) in [5.41, 5.74) is -1.73. The number of carboxylic acid groups (broad SMARTS) is 1. The maximum atomic E-state index is 12.4. The summed E-state index contributed by atoms with van der Waals surface area (Å²) in [5, 5.41) is 13.6. The van der Waals surface area contributed by atoms with E-state index in [4.69, 9.17) is 5.11 Å². The van der Waals surface area contributed by atoms with Crippen LogP contribution in [0.4, 0.5) is 13.2 Å². The predicted molar refractivity (Wildman–Crippen MR) is 42.5 cm³/mol. The van der Waals surface area contributed by atoms with Gasteiger partial charge in [0.2, 0.25) is 0 Å². The lowest BCUT2D eigenvalue weighted by Gasteiger charge is -2.06. The Balaban J connectivity index is 2.52. The second-order valence-electron chi connectivity index (χ2n) is 3.44. The Hall–Kier alpha value is -1.53. The molecule has 15 heavy (non-hydrogen) atoms. The van der Waals surface area contributed by atoms with E-state index in [0.717, 1.165) is 0 Å². The number of aromatic carboxylic acids is 1. The topological polar surface area (TPSA) is 66.0 Å². The van der Waals surface area contributed by atoms with Gasteiger partial charge in [-0.05, 0) is 18.8 Å². The molecule has 0 unspecified atom stereocenters. The molecule has 2 N–H and O–H groups in total. The molecule has 1 aromatic heterocycles. The monoisotopic (exact) mass is 220 g/mol. The average molecular weight is 220 g/mol. The fourth-order valence-corrected chi connectivity index (χ4v) is 1.50. The van der Waals surface area contributed by atoms with Crippen molar-refractivity contribution in [3.63, 3.8) is 0 Å². The molecule has 0 amide bonds. The summed E-state index contributed by atoms with van der Waals surface area (Å²) in [7, 11) is 0. The van der Waals surface area contributed by atoms with Crippen molar-refractivity contribution in [3.8, 4) is 0 Å². The van der Waals surface area contributed by atoms with Crippen LogP contribution in [0.25, 0.3) is 0 Å². The van der Waals surface area contributed by atoms with Crippen LogP contribution in [-0.2, 0) is 6.18 Å². The first kappa shape index (κ1) is 10.0. The first-order chi connectivity index (χ1) is 6.91. The molecule has 0 aromatic carbocycles. The number of carbonyl (C=O) groups is 1. The van der Waals surface area contributed by atoms with Crippen LogP contribution in [0.5, 0.6) is 0 Å². The molecule has 0 atom stereocenters. The van der Waals surface area contributed by atoms with Crippen molar-refractivity contribution in [2.75, 3.05) is 0 Å². The Morgan fingerprint density at radius 3 is 2.47 bits per heavy atom. The number of H-pyrrole nitrogens is 1. The van der Waals surface area contributed by atoms with Gasteiger partial charge in [0.1, 0.15) is 5.69 Å². The summed E-state index contributed by atoms with van der Waals surface area (Å²) in [6.07, 6.45) is -3.40. The molecule has 1 aliphatic carbocycles. The third-order valence-electron chi connectivity index (χ3n) is 2.28. The second kappa shape index (κ2) is 2.98. The highest BCUT2D eigenvalue weighted by Gasteiger charge is 2.43. The zero-order valence-electron chi connectivity index (χ0n) is 7.43. The van der Waals surface area contributed by atoms with Gasteiger partial charge in [0.15, 0.2) is 5.69 Å². The van der Waals surface area contributed by atoms with Crippen molar-refractivity contribution in [1.29, 1.82) is 0 Å². The zero-order valence-corrected chi connectivity index (χ0v) is 7.43. The van der Waals surface area contributed by atoms with Gasteiger partial charge in [-0.2, -0.15) is 18.3 Å². The highest BCUT2D eigenvalue weighted by atomic mass is 19.4. The molecule has 0 bridgehead atoms. The highest BCUT2D eigenvalue weighted by molar-refractivity contribution is 5.87. The van der Waals surface area contributed by atoms with Crippen LogP contribution in [0.3, 0.4) is 0 Å². The molecule has 1 aromatic rings. The van der Waals surface area contributed by atoms with E-state index in [1.807, 2.05) is 0 Å². The summed E-state index contributed by atoms with van der Waals surface area (Å²) in [6.45, 7) is 0. The van der Waals surface area contributed by atoms with Gasteiger partial charge in [0.25, 0.3) is 0 Å². The first-order valence-electron chi connectivity index (χ1n) is 4.30. The molecule has 7 heteroatoms. The lowest BCUT2D eigenvalue weighted by Crippen LogP contribution is -2.09. The fraction of sp³-hybridized carbons (Fsp3) is 0.500. The van der Waals surface area contributed by atoms with E-state index >= 15 is 0 Å². The molecule has 2 rings (SSSR count). The molecule has 1 fully saturated rings. The minimum Gasteiger partial charge on any atom is -0.476 e. The summed E-state index contributed by atoms with van der Waals surface area (Å²) in [6, 6.07) is 0. The van der Waals surface area contributed by atoms with E-state index in [-0.39, 0.29) is 11.5 Å². The lowest BCUT2D eigenvalue weighted by atomic mass is 10.1. The second-order valence-corrected chi connectivity index (χ2v) is 3.44. The number of rotatable bonds is 2. The molecule has 4 nitrogen and oxygen atoms in total. The lowest BCUT2D eigenvalue weighted by molar-refractivity contribution is -0.141. The number of nitrogens with zero attached hydrogens (tertiary/aromatic N) is 1. The fourth-order valence-electron chi connectivity index (χ4n) is 1.50. The molecule has 1 aliphatic rings. The number of aromatic nitrogens is 2. The van der Waals surface area contributed by atoms with Crippen LogP contribution in [0.2, 0.25) is 0 Å². The molecule has 0 spiro atoms. The molecule has 0 radical (unpaired) electrons. The Morgan fingerprint density at radius 2 is 2.07 bits per heavy atom. The molecule has 0 saturated heterocycles. The third-order valence-corrected chi connectivity index (χ3v) is 2.28. The Labute approximate surface area is 82.1 Å². The van der Waals surface area contributed by atoms with Crippen LogP contribution in [0, 0.1) is 0 Å². The number of carboxylic acids is 1. The number of hydrogen-bond acceptors (Lipinski definition) is 2. The number of alkyl halides is 3. The van der Waals surface area contributed by atoms with Crippen LogP contribution in [-0.4, -0.2) is 21.3 Å². The van der Waals surface area contributed by atoms with Crippen molar-refractivity contribution in [1.82, 2.24) is 10.2 Å². The minimum absolute atomic E-state index is 0.199. The predicted octanol–water partition coefficient (Wildman–Crippen LogP) is 2.00. The van der Waals surface area contributed by atoms with E-state index in [0.29, 0.717) is 12.8 Å². The van der Waals surface area contributed by atoms with Crippen LogP contribution < -0.4 is 0 Å². The largest absolute Gasteiger partial charge is 0.476 e. The van der Waals surface area contributed by atoms with Crippen molar-refractivity contribution in [3.05, 3.63) is 17.0 Å². The van der Waals surface area contributed by atoms with Gasteiger partial charge in [-0.3, -0.25) is 5.10 Å². The molecule has 82 valence electrons. The van der Waals surface area contributed by atoms with E-state index in [2.05, 4.69) is 5.10 Å². The maximum absolute atomic E-state index is 12.4. The van der Waals surface area contributed by atoms with Crippen LogP contribution in [0.15, 0.2) is 0 Å². The molecule has 0 aliphatic heterocycles. The van der Waals surface area contributed by atoms with E-state index in [1.165, 1.54) is 0 Å². The number of nitrogens with one attached hydrogen (secondary N) is 1. The molecule has 1 saturated carbocycles. The van der Waals surface area contributed by atoms with Crippen molar-refractivity contribution < 1.29 is 23.1 Å². The highest BCUT2D eigenvalue weighted by Crippen LogP contribution is 2.46. The number of halogens is 3. The Kier molecular flexibility index (Phi) is 1.99. The summed E-state index contributed by atoms with van der Waals surface area (Å²) in [5.74, 6) is -1.74. The van der Waals surface area contributed by atoms with Crippen molar-refractivity contribution in [2.45, 2.75) is 24.9 Å². The Bertz CT molecular complexity index is 407. The van der Waals surface area contributed by atoms with Gasteiger partial charge in [-0.1, -0.05) is 0 Å². The van der Waals surface area contributed by atoms with Crippen molar-refractivity contribution in [2.24, 2.45) is 0 Å². The molecule has 1 heterocycles. The summed E-state index contributed by atoms with van der Waals surface area (Å²) in [4.78, 5) is 10.6. The average Bonchev–Trinajstić information content (AvgIpc) is 2.81. The third kappa shape index (κ3) is 1.69. The SMILES string of the molecule is O=C(O)c1n[nH]c(C(F)(F)F)c1C1CC1. The normalized spacial score (nSPS) is 16.7. The van der Waals surface area contributed by atoms with E-state index < -0.39 is 23.5 Å². The number of hydrogen-bond donors (Lipinski definition) is 2. The Morgan fingerprint density at radius 1 is 1.47 bits per heavy atom. The van der Waals surface area contributed by atoms with Gasteiger partial charge in [-0.15, -0.1) is 0 Å². The van der Waals surface area contributed by atoms with Gasteiger partial charge >= 0.3 is 12.1 Å². The maximum Gasteiger partial charge on any atom is 0.433 e. The van der Waals surface area contributed by atoms with E-state index in [1.54, 1.807) is 5.10 Å². The van der Waals surface area contributed by atoms with Crippen LogP contribution in [0.1, 0.15) is 40.5 Å². The first-order valence-corrected chi connectivity index (χ1v) is 4.30. The minimum atomic E-state index is -4.57. The number of aromatic amines is 1. The van der Waals surface area contributed by atoms with Crippen molar-refractivity contribution >= 4 is 5.97 Å². The molecular weight excluding hydrogens is 213 g/mol. The van der Waals surface area contributed by atoms with Gasteiger partial charge < -0.3 is 5.11 Å². The zero-order chi connectivity index (χ0) is 11.2. The van der Waals surface area contributed by atoms with Gasteiger partial charge in [0.05, 0.1) is 0 Å². The smallest absolute Gasteiger partial charge is 0.433 e. The van der Waals surface area contributed by atoms with E-state index in [9.17, 15) is 18.0 Å².